The number of anilines is 3. The van der Waals surface area contributed by atoms with Crippen molar-refractivity contribution >= 4 is 51.4 Å². The minimum Gasteiger partial charge on any atom is -0.322 e. The van der Waals surface area contributed by atoms with Crippen LogP contribution in [0.1, 0.15) is 18.2 Å². The Balaban J connectivity index is 1.77. The first kappa shape index (κ1) is 24.5. The second kappa shape index (κ2) is 9.79. The van der Waals surface area contributed by atoms with Crippen molar-refractivity contribution in [2.75, 3.05) is 10.2 Å². The summed E-state index contributed by atoms with van der Waals surface area (Å²) < 4.78 is 52.5. The van der Waals surface area contributed by atoms with Crippen LogP contribution in [-0.2, 0) is 15.8 Å². The standard InChI is InChI=1S/C21H14F4N4O4S/c1-12(30)28(16-4-2-3-13(9-16)21(23,24)25)20-27-15(11-34-20)6-8-19(31)26-14-5-7-17(22)18(10-14)29(32)33/h2-11H,1H3,(H,26,31)/b8-6+. The fourth-order valence-corrected chi connectivity index (χ4v) is 3.63. The molecule has 2 aromatic carbocycles. The molecule has 0 radical (unpaired) electrons. The summed E-state index contributed by atoms with van der Waals surface area (Å²) in [6.07, 6.45) is -2.26. The van der Waals surface area contributed by atoms with E-state index in [1.807, 2.05) is 0 Å². The summed E-state index contributed by atoms with van der Waals surface area (Å²) in [4.78, 5) is 39.3. The van der Waals surface area contributed by atoms with Gasteiger partial charge in [-0.3, -0.25) is 24.6 Å². The van der Waals surface area contributed by atoms with Crippen molar-refractivity contribution in [1.82, 2.24) is 4.98 Å². The summed E-state index contributed by atoms with van der Waals surface area (Å²) in [6, 6.07) is 7.07. The predicted octanol–water partition coefficient (Wildman–Crippen LogP) is 5.55. The molecule has 3 rings (SSSR count). The number of carbonyl (C=O) groups excluding carboxylic acids is 2. The first-order chi connectivity index (χ1) is 16.0. The van der Waals surface area contributed by atoms with E-state index in [1.54, 1.807) is 0 Å². The van der Waals surface area contributed by atoms with Crippen molar-refractivity contribution in [3.8, 4) is 0 Å². The van der Waals surface area contributed by atoms with Gasteiger partial charge in [-0.25, -0.2) is 4.98 Å². The Kier molecular flexibility index (Phi) is 7.05. The van der Waals surface area contributed by atoms with Gasteiger partial charge in [0.15, 0.2) is 5.13 Å². The average Bonchev–Trinajstić information content (AvgIpc) is 3.21. The van der Waals surface area contributed by atoms with E-state index in [4.69, 9.17) is 0 Å². The van der Waals surface area contributed by atoms with Crippen LogP contribution in [0.15, 0.2) is 53.9 Å². The number of alkyl halides is 3. The van der Waals surface area contributed by atoms with Crippen molar-refractivity contribution in [2.45, 2.75) is 13.1 Å². The molecule has 13 heteroatoms. The number of carbonyl (C=O) groups is 2. The van der Waals surface area contributed by atoms with Crippen molar-refractivity contribution < 1.29 is 32.1 Å². The number of rotatable bonds is 6. The smallest absolute Gasteiger partial charge is 0.322 e. The molecule has 0 aliphatic rings. The number of nitrogens with zero attached hydrogens (tertiary/aromatic N) is 3. The number of benzene rings is 2. The zero-order valence-corrected chi connectivity index (χ0v) is 18.0. The van der Waals surface area contributed by atoms with Gasteiger partial charge in [0.25, 0.3) is 0 Å². The largest absolute Gasteiger partial charge is 0.416 e. The van der Waals surface area contributed by atoms with Crippen molar-refractivity contribution in [3.63, 3.8) is 0 Å². The second-order valence-electron chi connectivity index (χ2n) is 6.70. The summed E-state index contributed by atoms with van der Waals surface area (Å²) in [7, 11) is 0. The van der Waals surface area contributed by atoms with E-state index in [0.717, 1.165) is 52.6 Å². The van der Waals surface area contributed by atoms with Crippen LogP contribution in [0.5, 0.6) is 0 Å². The summed E-state index contributed by atoms with van der Waals surface area (Å²) >= 11 is 0.970. The molecule has 0 atom stereocenters. The Morgan fingerprint density at radius 3 is 2.59 bits per heavy atom. The van der Waals surface area contributed by atoms with Crippen molar-refractivity contribution in [1.29, 1.82) is 0 Å². The van der Waals surface area contributed by atoms with Crippen LogP contribution in [0.25, 0.3) is 6.08 Å². The topological polar surface area (TPSA) is 105 Å². The lowest BCUT2D eigenvalue weighted by Crippen LogP contribution is -2.23. The minimum absolute atomic E-state index is 0.00554. The molecule has 2 amide bonds. The van der Waals surface area contributed by atoms with Crippen LogP contribution in [0.2, 0.25) is 0 Å². The van der Waals surface area contributed by atoms with Crippen LogP contribution in [0.3, 0.4) is 0 Å². The summed E-state index contributed by atoms with van der Waals surface area (Å²) in [5.41, 5.74) is -1.52. The molecule has 0 unspecified atom stereocenters. The fraction of sp³-hybridized carbons (Fsp3) is 0.0952. The number of hydrogen-bond donors (Lipinski definition) is 1. The van der Waals surface area contributed by atoms with Crippen molar-refractivity contribution in [3.05, 3.63) is 81.1 Å². The summed E-state index contributed by atoms with van der Waals surface area (Å²) in [5.74, 6) is -2.32. The lowest BCUT2D eigenvalue weighted by Gasteiger charge is -2.19. The van der Waals surface area contributed by atoms with E-state index in [9.17, 15) is 37.3 Å². The molecule has 0 aliphatic heterocycles. The van der Waals surface area contributed by atoms with Crippen LogP contribution in [0.4, 0.5) is 39.8 Å². The third kappa shape index (κ3) is 5.81. The van der Waals surface area contributed by atoms with Crippen LogP contribution >= 0.6 is 11.3 Å². The Bertz CT molecular complexity index is 1290. The predicted molar refractivity (Wildman–Crippen MR) is 117 cm³/mol. The van der Waals surface area contributed by atoms with Gasteiger partial charge < -0.3 is 5.32 Å². The molecule has 8 nitrogen and oxygen atoms in total. The van der Waals surface area contributed by atoms with E-state index in [-0.39, 0.29) is 22.2 Å². The number of amides is 2. The highest BCUT2D eigenvalue weighted by atomic mass is 32.1. The third-order valence-electron chi connectivity index (χ3n) is 4.26. The zero-order valence-electron chi connectivity index (χ0n) is 17.2. The lowest BCUT2D eigenvalue weighted by molar-refractivity contribution is -0.387. The number of halogens is 4. The molecular weight excluding hydrogens is 480 g/mol. The van der Waals surface area contributed by atoms with Gasteiger partial charge >= 0.3 is 11.9 Å². The van der Waals surface area contributed by atoms with Crippen LogP contribution < -0.4 is 10.2 Å². The van der Waals surface area contributed by atoms with Gasteiger partial charge in [-0.05, 0) is 36.4 Å². The molecule has 34 heavy (non-hydrogen) atoms. The molecule has 0 bridgehead atoms. The van der Waals surface area contributed by atoms with Gasteiger partial charge in [-0.15, -0.1) is 11.3 Å². The van der Waals surface area contributed by atoms with Gasteiger partial charge in [0.05, 0.1) is 21.9 Å². The normalized spacial score (nSPS) is 11.4. The molecule has 0 saturated carbocycles. The summed E-state index contributed by atoms with van der Waals surface area (Å²) in [5, 5.41) is 14.7. The molecule has 176 valence electrons. The molecule has 0 aliphatic carbocycles. The molecule has 3 aromatic rings. The molecule has 0 spiro atoms. The van der Waals surface area contributed by atoms with E-state index < -0.39 is 40.0 Å². The maximum Gasteiger partial charge on any atom is 0.416 e. The van der Waals surface area contributed by atoms with E-state index in [1.165, 1.54) is 30.5 Å². The maximum atomic E-state index is 13.4. The van der Waals surface area contributed by atoms with E-state index in [2.05, 4.69) is 10.3 Å². The Morgan fingerprint density at radius 2 is 1.94 bits per heavy atom. The number of nitro groups is 1. The number of thiazole rings is 1. The third-order valence-corrected chi connectivity index (χ3v) is 5.11. The summed E-state index contributed by atoms with van der Waals surface area (Å²) in [6.45, 7) is 1.17. The van der Waals surface area contributed by atoms with Crippen LogP contribution in [0, 0.1) is 15.9 Å². The fourth-order valence-electron chi connectivity index (χ4n) is 2.78. The van der Waals surface area contributed by atoms with Gasteiger partial charge in [0.2, 0.25) is 17.6 Å². The van der Waals surface area contributed by atoms with Gasteiger partial charge in [0, 0.05) is 30.1 Å². The highest BCUT2D eigenvalue weighted by Gasteiger charge is 2.31. The average molecular weight is 494 g/mol. The SMILES string of the molecule is CC(=O)N(c1cccc(C(F)(F)F)c1)c1nc(/C=C/C(=O)Nc2ccc(F)c([N+](=O)[O-])c2)cs1. The lowest BCUT2D eigenvalue weighted by atomic mass is 10.2. The molecule has 0 fully saturated rings. The molecular formula is C21H14F4N4O4S. The Hall–Kier alpha value is -4.13. The first-order valence-corrected chi connectivity index (χ1v) is 10.2. The molecule has 0 saturated heterocycles. The van der Waals surface area contributed by atoms with Gasteiger partial charge in [0.1, 0.15) is 0 Å². The van der Waals surface area contributed by atoms with Crippen molar-refractivity contribution in [2.24, 2.45) is 0 Å². The highest BCUT2D eigenvalue weighted by molar-refractivity contribution is 7.14. The molecule has 1 aromatic heterocycles. The monoisotopic (exact) mass is 494 g/mol. The molecule has 1 heterocycles. The number of aromatic nitrogens is 1. The highest BCUT2D eigenvalue weighted by Crippen LogP contribution is 2.35. The zero-order chi connectivity index (χ0) is 25.0. The molecule has 1 N–H and O–H groups in total. The minimum atomic E-state index is -4.59. The van der Waals surface area contributed by atoms with Gasteiger partial charge in [-0.2, -0.15) is 17.6 Å². The van der Waals surface area contributed by atoms with Crippen LogP contribution in [-0.4, -0.2) is 21.7 Å². The second-order valence-corrected chi connectivity index (χ2v) is 7.54. The Morgan fingerprint density at radius 1 is 1.21 bits per heavy atom. The van der Waals surface area contributed by atoms with E-state index >= 15 is 0 Å². The van der Waals surface area contributed by atoms with E-state index in [0.29, 0.717) is 0 Å². The number of nitro benzene ring substituents is 1. The first-order valence-electron chi connectivity index (χ1n) is 9.32. The maximum absolute atomic E-state index is 13.4. The quantitative estimate of drug-likeness (QED) is 0.210. The number of hydrogen-bond acceptors (Lipinski definition) is 6. The Labute approximate surface area is 193 Å². The number of nitrogens with one attached hydrogen (secondary N) is 1. The van der Waals surface area contributed by atoms with Gasteiger partial charge in [-0.1, -0.05) is 6.07 Å².